The molecule has 0 heterocycles. The predicted molar refractivity (Wildman–Crippen MR) is 292 cm³/mol. The Balaban J connectivity index is 4.49. The summed E-state index contributed by atoms with van der Waals surface area (Å²) in [5, 5.41) is 0. The van der Waals surface area contributed by atoms with E-state index in [4.69, 9.17) is 14.2 Å². The average molecular weight is 937 g/mol. The molecule has 68 heavy (non-hydrogen) atoms. The van der Waals surface area contributed by atoms with E-state index in [0.717, 1.165) is 148 Å². The van der Waals surface area contributed by atoms with Crippen LogP contribution < -0.4 is 0 Å². The first-order chi connectivity index (χ1) is 33.5. The maximum Gasteiger partial charge on any atom is 0.306 e. The molecule has 6 heteroatoms. The maximum absolute atomic E-state index is 12.8. The summed E-state index contributed by atoms with van der Waals surface area (Å²) in [6.07, 6.45) is 78.4. The van der Waals surface area contributed by atoms with Crippen molar-refractivity contribution in [3.8, 4) is 0 Å². The summed E-state index contributed by atoms with van der Waals surface area (Å²) < 4.78 is 16.7. The fourth-order valence-corrected chi connectivity index (χ4v) is 6.60. The van der Waals surface area contributed by atoms with Gasteiger partial charge in [-0.1, -0.05) is 205 Å². The summed E-state index contributed by atoms with van der Waals surface area (Å²) in [4.78, 5) is 38.0. The topological polar surface area (TPSA) is 78.9 Å². The predicted octanol–water partition coefficient (Wildman–Crippen LogP) is 18.0. The van der Waals surface area contributed by atoms with Crippen molar-refractivity contribution >= 4 is 17.9 Å². The van der Waals surface area contributed by atoms with E-state index in [2.05, 4.69) is 167 Å². The molecule has 1 unspecified atom stereocenters. The van der Waals surface area contributed by atoms with E-state index in [1.807, 2.05) is 0 Å². The molecule has 0 spiro atoms. The molecule has 0 saturated heterocycles. The van der Waals surface area contributed by atoms with Crippen molar-refractivity contribution in [3.63, 3.8) is 0 Å². The minimum Gasteiger partial charge on any atom is -0.462 e. The number of allylic oxidation sites excluding steroid dienone is 24. The summed E-state index contributed by atoms with van der Waals surface area (Å²) in [6, 6.07) is 0. The van der Waals surface area contributed by atoms with Crippen LogP contribution in [0.4, 0.5) is 0 Å². The van der Waals surface area contributed by atoms with Crippen LogP contribution in [0, 0.1) is 0 Å². The minimum absolute atomic E-state index is 0.120. The molecule has 0 aliphatic rings. The molecule has 0 radical (unpaired) electrons. The Kier molecular flexibility index (Phi) is 51.1. The standard InChI is InChI=1S/C62H96O6/c1-4-7-10-13-16-19-22-24-26-28-29-30-31-32-33-35-36-38-40-43-46-49-52-55-61(64)67-58-59(57-66-60(63)54-51-48-45-42-21-18-15-12-9-6-3)68-62(65)56-53-50-47-44-41-39-37-34-27-25-23-20-17-14-11-8-5-2/h7-8,10-12,15-17,19-20,24-27,29-30,32-33,36-39,44,47,59H,4-6,9,13-14,18,21-23,28,31,34-35,40-43,45-46,48-58H2,1-3H3/b10-7-,11-8-,15-12-,19-16-,20-17-,26-24-,27-25-,30-29-,33-32-,38-36-,39-37-,47-44-. The van der Waals surface area contributed by atoms with Gasteiger partial charge in [0, 0.05) is 19.3 Å². The van der Waals surface area contributed by atoms with Gasteiger partial charge in [0.15, 0.2) is 6.10 Å². The van der Waals surface area contributed by atoms with Crippen LogP contribution in [0.2, 0.25) is 0 Å². The largest absolute Gasteiger partial charge is 0.462 e. The van der Waals surface area contributed by atoms with Gasteiger partial charge < -0.3 is 14.2 Å². The highest BCUT2D eigenvalue weighted by Crippen LogP contribution is 2.12. The van der Waals surface area contributed by atoms with Gasteiger partial charge in [-0.05, 0) is 128 Å². The van der Waals surface area contributed by atoms with E-state index < -0.39 is 6.10 Å². The molecule has 380 valence electrons. The van der Waals surface area contributed by atoms with Crippen LogP contribution in [0.5, 0.6) is 0 Å². The smallest absolute Gasteiger partial charge is 0.306 e. The monoisotopic (exact) mass is 937 g/mol. The number of carbonyl (C=O) groups is 3. The van der Waals surface area contributed by atoms with E-state index in [0.29, 0.717) is 19.3 Å². The quantitative estimate of drug-likeness (QED) is 0.0262. The summed E-state index contributed by atoms with van der Waals surface area (Å²) >= 11 is 0. The molecule has 0 aromatic heterocycles. The van der Waals surface area contributed by atoms with Crippen molar-refractivity contribution in [1.29, 1.82) is 0 Å². The first-order valence-electron chi connectivity index (χ1n) is 26.8. The average Bonchev–Trinajstić information content (AvgIpc) is 3.34. The van der Waals surface area contributed by atoms with Crippen molar-refractivity contribution in [1.82, 2.24) is 0 Å². The highest BCUT2D eigenvalue weighted by Gasteiger charge is 2.19. The number of unbranched alkanes of at least 4 members (excludes halogenated alkanes) is 11. The molecule has 0 fully saturated rings. The Labute approximate surface area is 417 Å². The van der Waals surface area contributed by atoms with E-state index >= 15 is 0 Å². The second kappa shape index (κ2) is 54.9. The summed E-state index contributed by atoms with van der Waals surface area (Å²) in [7, 11) is 0. The van der Waals surface area contributed by atoms with E-state index in [9.17, 15) is 14.4 Å². The summed E-state index contributed by atoms with van der Waals surface area (Å²) in [5.41, 5.74) is 0. The van der Waals surface area contributed by atoms with Crippen LogP contribution in [-0.2, 0) is 28.6 Å². The Morgan fingerprint density at radius 2 is 0.588 bits per heavy atom. The first kappa shape index (κ1) is 63.3. The molecular formula is C62H96O6. The van der Waals surface area contributed by atoms with Crippen LogP contribution in [0.1, 0.15) is 207 Å². The first-order valence-corrected chi connectivity index (χ1v) is 26.8. The van der Waals surface area contributed by atoms with Crippen LogP contribution >= 0.6 is 0 Å². The summed E-state index contributed by atoms with van der Waals surface area (Å²) in [5.74, 6) is -1.03. The van der Waals surface area contributed by atoms with E-state index in [1.54, 1.807) is 0 Å². The number of hydrogen-bond acceptors (Lipinski definition) is 6. The molecule has 0 amide bonds. The van der Waals surface area contributed by atoms with Gasteiger partial charge in [-0.2, -0.15) is 0 Å². The van der Waals surface area contributed by atoms with Crippen LogP contribution in [0.15, 0.2) is 146 Å². The van der Waals surface area contributed by atoms with Gasteiger partial charge in [0.25, 0.3) is 0 Å². The normalized spacial score (nSPS) is 13.3. The fraction of sp³-hybridized carbons (Fsp3) is 0.565. The van der Waals surface area contributed by atoms with Crippen LogP contribution in [0.3, 0.4) is 0 Å². The Morgan fingerprint density at radius 3 is 0.956 bits per heavy atom. The minimum atomic E-state index is -0.828. The van der Waals surface area contributed by atoms with Crippen molar-refractivity contribution in [3.05, 3.63) is 146 Å². The Bertz CT molecular complexity index is 1540. The van der Waals surface area contributed by atoms with Gasteiger partial charge >= 0.3 is 17.9 Å². The molecule has 6 nitrogen and oxygen atoms in total. The van der Waals surface area contributed by atoms with E-state index in [1.165, 1.54) is 12.8 Å². The zero-order valence-corrected chi connectivity index (χ0v) is 43.3. The summed E-state index contributed by atoms with van der Waals surface area (Å²) in [6.45, 7) is 6.24. The molecule has 0 aliphatic carbocycles. The molecule has 0 aromatic carbocycles. The number of esters is 3. The zero-order chi connectivity index (χ0) is 49.3. The lowest BCUT2D eigenvalue weighted by atomic mass is 10.1. The van der Waals surface area contributed by atoms with Crippen LogP contribution in [-0.4, -0.2) is 37.2 Å². The van der Waals surface area contributed by atoms with Crippen LogP contribution in [0.25, 0.3) is 0 Å². The SMILES string of the molecule is CC/C=C\C/C=C\C/C=C\C/C=C\C/C=C\C/C=C\CCCCCCC(=O)OCC(COC(=O)CCCCCCC/C=C\CCC)OC(=O)CCC/C=C\C/C=C\C/C=C\C/C=C\C/C=C\CC. The molecule has 1 atom stereocenters. The molecule has 0 rings (SSSR count). The van der Waals surface area contributed by atoms with Gasteiger partial charge in [-0.25, -0.2) is 0 Å². The lowest BCUT2D eigenvalue weighted by molar-refractivity contribution is -0.167. The Morgan fingerprint density at radius 1 is 0.309 bits per heavy atom. The second-order valence-corrected chi connectivity index (χ2v) is 17.0. The molecule has 0 bridgehead atoms. The number of carbonyl (C=O) groups excluding carboxylic acids is 3. The van der Waals surface area contributed by atoms with Gasteiger partial charge in [0.1, 0.15) is 13.2 Å². The number of ether oxygens (including phenoxy) is 3. The molecule has 0 N–H and O–H groups in total. The lowest BCUT2D eigenvalue weighted by Crippen LogP contribution is -2.30. The number of rotatable bonds is 46. The molecule has 0 saturated carbocycles. The van der Waals surface area contributed by atoms with E-state index in [-0.39, 0.29) is 37.5 Å². The third-order valence-electron chi connectivity index (χ3n) is 10.5. The number of hydrogen-bond donors (Lipinski definition) is 0. The van der Waals surface area contributed by atoms with Crippen molar-refractivity contribution in [2.75, 3.05) is 13.2 Å². The molecule has 0 aromatic rings. The zero-order valence-electron chi connectivity index (χ0n) is 43.3. The Hall–Kier alpha value is -4.71. The highest BCUT2D eigenvalue weighted by molar-refractivity contribution is 5.71. The van der Waals surface area contributed by atoms with Crippen molar-refractivity contribution < 1.29 is 28.6 Å². The third-order valence-corrected chi connectivity index (χ3v) is 10.5. The van der Waals surface area contributed by atoms with Gasteiger partial charge in [-0.3, -0.25) is 14.4 Å². The molecular weight excluding hydrogens is 841 g/mol. The molecule has 0 aliphatic heterocycles. The van der Waals surface area contributed by atoms with Gasteiger partial charge in [0.2, 0.25) is 0 Å². The fourth-order valence-electron chi connectivity index (χ4n) is 6.60. The lowest BCUT2D eigenvalue weighted by Gasteiger charge is -2.18. The van der Waals surface area contributed by atoms with Crippen molar-refractivity contribution in [2.45, 2.75) is 213 Å². The maximum atomic E-state index is 12.8. The van der Waals surface area contributed by atoms with Gasteiger partial charge in [-0.15, -0.1) is 0 Å². The highest BCUT2D eigenvalue weighted by atomic mass is 16.6. The third kappa shape index (κ3) is 52.3. The van der Waals surface area contributed by atoms with Gasteiger partial charge in [0.05, 0.1) is 0 Å². The van der Waals surface area contributed by atoms with Crippen molar-refractivity contribution in [2.24, 2.45) is 0 Å². The second-order valence-electron chi connectivity index (χ2n) is 17.0.